The molecule has 50 heavy (non-hydrogen) atoms. The molecule has 13 nitrogen and oxygen atoms in total. The molecule has 7 heterocycles. The lowest BCUT2D eigenvalue weighted by Gasteiger charge is -2.50. The van der Waals surface area contributed by atoms with Gasteiger partial charge in [0, 0.05) is 68.0 Å². The van der Waals surface area contributed by atoms with E-state index in [4.69, 9.17) is 4.74 Å². The summed E-state index contributed by atoms with van der Waals surface area (Å²) < 4.78 is 24.9. The number of aryl methyl sites for hydroxylation is 1. The predicted octanol–water partition coefficient (Wildman–Crippen LogP) is 3.00. The number of ether oxygens (including phenoxy) is 1. The number of nitrogens with one attached hydrogen (secondary N) is 1. The van der Waals surface area contributed by atoms with Gasteiger partial charge < -0.3 is 34.1 Å². The van der Waals surface area contributed by atoms with Crippen molar-refractivity contribution in [3.05, 3.63) is 112 Å². The van der Waals surface area contributed by atoms with Gasteiger partial charge in [0.2, 0.25) is 0 Å². The van der Waals surface area contributed by atoms with Gasteiger partial charge in [-0.2, -0.15) is 0 Å². The van der Waals surface area contributed by atoms with Crippen LogP contribution < -0.4 is 21.3 Å². The van der Waals surface area contributed by atoms with E-state index >= 15 is 4.39 Å². The average molecular weight is 679 g/mol. The maximum atomic E-state index is 15.5. The highest BCUT2D eigenvalue weighted by molar-refractivity contribution is 5.88. The van der Waals surface area contributed by atoms with Crippen molar-refractivity contribution in [1.82, 2.24) is 28.4 Å². The molecule has 0 unspecified atom stereocenters. The van der Waals surface area contributed by atoms with Crippen LogP contribution in [-0.4, -0.2) is 83.2 Å². The van der Waals surface area contributed by atoms with Gasteiger partial charge in [0.1, 0.15) is 28.6 Å². The van der Waals surface area contributed by atoms with Crippen molar-refractivity contribution in [2.75, 3.05) is 43.1 Å². The van der Waals surface area contributed by atoms with Gasteiger partial charge in [0.25, 0.3) is 11.1 Å². The highest BCUT2D eigenvalue weighted by atomic mass is 19.1. The number of aromatic nitrogens is 5. The summed E-state index contributed by atoms with van der Waals surface area (Å²) in [5, 5.41) is 25.3. The first-order valence-corrected chi connectivity index (χ1v) is 16.3. The summed E-state index contributed by atoms with van der Waals surface area (Å²) in [6.45, 7) is 4.59. The van der Waals surface area contributed by atoms with Crippen molar-refractivity contribution in [3.8, 4) is 16.9 Å². The van der Waals surface area contributed by atoms with Crippen LogP contribution in [0.3, 0.4) is 0 Å². The number of fused-ring (bicyclic) bond motifs is 3. The summed E-state index contributed by atoms with van der Waals surface area (Å²) in [7, 11) is 1.62. The number of benzene rings is 1. The van der Waals surface area contributed by atoms with Crippen molar-refractivity contribution in [1.29, 1.82) is 0 Å². The molecular weight excluding hydrogens is 643 g/mol. The van der Waals surface area contributed by atoms with E-state index in [0.717, 1.165) is 12.2 Å². The predicted molar refractivity (Wildman–Crippen MR) is 187 cm³/mol. The molecule has 2 fully saturated rings. The van der Waals surface area contributed by atoms with E-state index in [1.165, 1.54) is 25.9 Å². The molecule has 2 aliphatic heterocycles. The largest absolute Gasteiger partial charge is 0.392 e. The third-order valence-electron chi connectivity index (χ3n) is 9.70. The van der Waals surface area contributed by atoms with Crippen LogP contribution in [0.2, 0.25) is 0 Å². The summed E-state index contributed by atoms with van der Waals surface area (Å²) in [6, 6.07) is 14.1. The molecule has 5 aromatic heterocycles. The van der Waals surface area contributed by atoms with E-state index in [-0.39, 0.29) is 22.6 Å². The maximum Gasteiger partial charge on any atom is 0.283 e. The second kappa shape index (κ2) is 12.2. The van der Waals surface area contributed by atoms with Crippen LogP contribution in [0.4, 0.5) is 21.6 Å². The number of halogens is 1. The highest BCUT2D eigenvalue weighted by Gasteiger charge is 2.40. The van der Waals surface area contributed by atoms with Crippen LogP contribution >= 0.6 is 0 Å². The number of anilines is 3. The molecule has 2 saturated heterocycles. The average Bonchev–Trinajstić information content (AvgIpc) is 3.38. The van der Waals surface area contributed by atoms with E-state index in [9.17, 15) is 19.8 Å². The minimum absolute atomic E-state index is 0.133. The van der Waals surface area contributed by atoms with Crippen LogP contribution in [0.1, 0.15) is 12.5 Å². The second-order valence-corrected chi connectivity index (χ2v) is 13.0. The molecule has 0 bridgehead atoms. The van der Waals surface area contributed by atoms with Crippen molar-refractivity contribution in [2.24, 2.45) is 7.05 Å². The van der Waals surface area contributed by atoms with Gasteiger partial charge in [0.05, 0.1) is 43.3 Å². The van der Waals surface area contributed by atoms with Crippen molar-refractivity contribution in [3.63, 3.8) is 0 Å². The van der Waals surface area contributed by atoms with Crippen LogP contribution in [-0.2, 0) is 18.4 Å². The third-order valence-corrected chi connectivity index (χ3v) is 9.70. The summed E-state index contributed by atoms with van der Waals surface area (Å²) in [6.07, 6.45) is 7.88. The Balaban J connectivity index is 1.10. The van der Waals surface area contributed by atoms with E-state index in [1.54, 1.807) is 75.0 Å². The molecule has 14 heteroatoms. The summed E-state index contributed by atoms with van der Waals surface area (Å²) in [4.78, 5) is 40.1. The number of hydrogen-bond donors (Lipinski definition) is 3. The zero-order chi connectivity index (χ0) is 34.7. The number of para-hydroxylation sites is 1. The Morgan fingerprint density at radius 1 is 1.06 bits per heavy atom. The van der Waals surface area contributed by atoms with Crippen molar-refractivity contribution in [2.45, 2.75) is 25.3 Å². The molecule has 3 N–H and O–H groups in total. The smallest absolute Gasteiger partial charge is 0.283 e. The molecule has 0 spiro atoms. The number of rotatable bonds is 7. The van der Waals surface area contributed by atoms with E-state index in [0.29, 0.717) is 65.8 Å². The first-order valence-electron chi connectivity index (χ1n) is 16.3. The first kappa shape index (κ1) is 31.8. The minimum atomic E-state index is -1.09. The van der Waals surface area contributed by atoms with Crippen LogP contribution in [0.5, 0.6) is 0 Å². The van der Waals surface area contributed by atoms with Gasteiger partial charge in [0.15, 0.2) is 5.82 Å². The molecule has 0 amide bonds. The Labute approximate surface area is 285 Å². The van der Waals surface area contributed by atoms with Gasteiger partial charge in [-0.25, -0.2) is 14.4 Å². The van der Waals surface area contributed by atoms with Gasteiger partial charge in [-0.1, -0.05) is 12.1 Å². The fourth-order valence-electron chi connectivity index (χ4n) is 7.05. The topological polar surface area (TPSA) is 142 Å². The molecule has 6 aromatic rings. The monoisotopic (exact) mass is 678 g/mol. The lowest BCUT2D eigenvalue weighted by Crippen LogP contribution is -2.65. The third kappa shape index (κ3) is 5.24. The number of β-amino-alcohol motifs (C(OH)–C–C–N with tert-alkyl or cyclic N) is 1. The SMILES string of the molecule is Cn1cc(-c2ccnc(-n3ccn4c(c(F)c5ccccc54)c3=O)c2CO)cc(Nc2ccc(N3CCN(C4COC4)C[C@]3(C)O)cn2)c1=O. The van der Waals surface area contributed by atoms with Crippen LogP contribution in [0, 0.1) is 5.82 Å². The van der Waals surface area contributed by atoms with Crippen LogP contribution in [0.15, 0.2) is 89.1 Å². The Morgan fingerprint density at radius 2 is 1.88 bits per heavy atom. The fraction of sp³-hybridized carbons (Fsp3) is 0.278. The van der Waals surface area contributed by atoms with Crippen molar-refractivity contribution < 1.29 is 19.3 Å². The Morgan fingerprint density at radius 3 is 2.60 bits per heavy atom. The van der Waals surface area contributed by atoms with E-state index < -0.39 is 23.7 Å². The van der Waals surface area contributed by atoms with Crippen molar-refractivity contribution >= 4 is 33.6 Å². The van der Waals surface area contributed by atoms with E-state index in [2.05, 4.69) is 20.2 Å². The van der Waals surface area contributed by atoms with Gasteiger partial charge >= 0.3 is 0 Å². The van der Waals surface area contributed by atoms with Gasteiger partial charge in [-0.05, 0) is 48.9 Å². The number of piperazine rings is 1. The number of aliphatic hydroxyl groups is 2. The molecular formula is C36H35FN8O5. The molecule has 256 valence electrons. The van der Waals surface area contributed by atoms with Crippen LogP contribution in [0.25, 0.3) is 33.4 Å². The van der Waals surface area contributed by atoms with Gasteiger partial charge in [-0.3, -0.25) is 19.1 Å². The maximum absolute atomic E-state index is 15.5. The molecule has 2 aliphatic rings. The normalized spacial score (nSPS) is 18.5. The Kier molecular flexibility index (Phi) is 7.75. The standard InChI is InChI=1S/C36H35FN8O5/c1-36(49)21-42(24-19-50-20-24)11-14-45(36)23-7-8-30(39-16-23)40-28-15-22(17-41(2)34(28)47)25-9-10-38-33(27(25)18-46)44-13-12-43-29-6-4-3-5-26(29)31(37)32(43)35(44)48/h3-10,12-13,15-17,24,46,49H,11,14,18-21H2,1-2H3,(H,39,40)/t36-/m0/s1. The summed E-state index contributed by atoms with van der Waals surface area (Å²) >= 11 is 0. The lowest BCUT2D eigenvalue weighted by atomic mass is 10.0. The Bertz CT molecular complexity index is 2380. The number of hydrogen-bond acceptors (Lipinski definition) is 10. The zero-order valence-corrected chi connectivity index (χ0v) is 27.5. The highest BCUT2D eigenvalue weighted by Crippen LogP contribution is 2.31. The van der Waals surface area contributed by atoms with E-state index in [1.807, 2.05) is 11.0 Å². The first-order chi connectivity index (χ1) is 24.1. The van der Waals surface area contributed by atoms with Gasteiger partial charge in [-0.15, -0.1) is 0 Å². The number of pyridine rings is 3. The lowest BCUT2D eigenvalue weighted by molar-refractivity contribution is -0.101. The fourth-order valence-corrected chi connectivity index (χ4v) is 7.05. The molecule has 0 radical (unpaired) electrons. The number of aliphatic hydroxyl groups excluding tert-OH is 1. The zero-order valence-electron chi connectivity index (χ0n) is 27.5. The summed E-state index contributed by atoms with van der Waals surface area (Å²) in [5.41, 5.74) is 0.801. The quantitative estimate of drug-likeness (QED) is 0.231. The molecule has 1 aromatic carbocycles. The Hall–Kier alpha value is -5.41. The molecule has 0 aliphatic carbocycles. The number of nitrogens with zero attached hydrogens (tertiary/aromatic N) is 7. The molecule has 8 rings (SSSR count). The minimum Gasteiger partial charge on any atom is -0.392 e. The second-order valence-electron chi connectivity index (χ2n) is 13.0. The summed E-state index contributed by atoms with van der Waals surface area (Å²) in [5.74, 6) is -0.0721. The molecule has 1 atom stereocenters. The molecule has 0 saturated carbocycles.